The summed E-state index contributed by atoms with van der Waals surface area (Å²) in [6, 6.07) is 11.1. The maximum atomic E-state index is 12.1. The topological polar surface area (TPSA) is 68.0 Å². The molecule has 24 heavy (non-hydrogen) atoms. The van der Waals surface area contributed by atoms with Gasteiger partial charge in [-0.15, -0.1) is 21.5 Å². The zero-order chi connectivity index (χ0) is 16.9. The third-order valence-corrected chi connectivity index (χ3v) is 5.22. The van der Waals surface area contributed by atoms with Crippen molar-refractivity contribution >= 4 is 40.6 Å². The molecule has 0 spiro atoms. The molecule has 1 atom stereocenters. The Bertz CT molecular complexity index is 803. The van der Waals surface area contributed by atoms with E-state index in [1.54, 1.807) is 30.4 Å². The van der Waals surface area contributed by atoms with Crippen LogP contribution < -0.4 is 5.32 Å². The maximum Gasteiger partial charge on any atom is 0.277 e. The number of thiophene rings is 1. The molecule has 3 aromatic rings. The maximum absolute atomic E-state index is 12.1. The Kier molecular flexibility index (Phi) is 5.55. The van der Waals surface area contributed by atoms with Crippen molar-refractivity contribution in [3.05, 3.63) is 51.7 Å². The van der Waals surface area contributed by atoms with Crippen LogP contribution in [0.2, 0.25) is 5.02 Å². The molecule has 1 aromatic carbocycles. The molecule has 124 valence electrons. The van der Waals surface area contributed by atoms with E-state index in [0.29, 0.717) is 22.7 Å². The molecule has 0 radical (unpaired) electrons. The quantitative estimate of drug-likeness (QED) is 0.648. The van der Waals surface area contributed by atoms with Gasteiger partial charge in [0.25, 0.3) is 5.22 Å². The smallest absolute Gasteiger partial charge is 0.277 e. The SMILES string of the molecule is CC(Sc1nnc(-c2ccc(Cl)cc2)o1)C(=O)NCc1cccs1. The van der Waals surface area contributed by atoms with Gasteiger partial charge in [-0.25, -0.2) is 0 Å². The first-order valence-electron chi connectivity index (χ1n) is 7.18. The first-order chi connectivity index (χ1) is 11.6. The fourth-order valence-electron chi connectivity index (χ4n) is 1.90. The molecular weight excluding hydrogens is 366 g/mol. The summed E-state index contributed by atoms with van der Waals surface area (Å²) in [7, 11) is 0. The lowest BCUT2D eigenvalue weighted by Gasteiger charge is -2.08. The standard InChI is InChI=1S/C16H14ClN3O2S2/c1-10(14(21)18-9-13-3-2-8-23-13)24-16-20-19-15(22-16)11-4-6-12(17)7-5-11/h2-8,10H,9H2,1H3,(H,18,21). The van der Waals surface area contributed by atoms with Gasteiger partial charge in [0.15, 0.2) is 0 Å². The van der Waals surface area contributed by atoms with Gasteiger partial charge < -0.3 is 9.73 Å². The molecule has 0 aliphatic heterocycles. The van der Waals surface area contributed by atoms with Crippen molar-refractivity contribution in [3.63, 3.8) is 0 Å². The summed E-state index contributed by atoms with van der Waals surface area (Å²) in [5.74, 6) is 0.333. The van der Waals surface area contributed by atoms with Crippen molar-refractivity contribution < 1.29 is 9.21 Å². The molecule has 5 nitrogen and oxygen atoms in total. The number of hydrogen-bond donors (Lipinski definition) is 1. The summed E-state index contributed by atoms with van der Waals surface area (Å²) in [5.41, 5.74) is 0.786. The van der Waals surface area contributed by atoms with Crippen molar-refractivity contribution in [1.29, 1.82) is 0 Å². The third-order valence-electron chi connectivity index (χ3n) is 3.16. The second-order valence-corrected chi connectivity index (χ2v) is 7.70. The van der Waals surface area contributed by atoms with Crippen molar-refractivity contribution in [1.82, 2.24) is 15.5 Å². The fourth-order valence-corrected chi connectivity index (χ4v) is 3.38. The minimum atomic E-state index is -0.330. The van der Waals surface area contributed by atoms with E-state index in [1.807, 2.05) is 29.6 Å². The number of nitrogens with zero attached hydrogens (tertiary/aromatic N) is 2. The molecular formula is C16H14ClN3O2S2. The lowest BCUT2D eigenvalue weighted by atomic mass is 10.2. The van der Waals surface area contributed by atoms with Crippen LogP contribution in [-0.2, 0) is 11.3 Å². The first-order valence-corrected chi connectivity index (χ1v) is 9.32. The van der Waals surface area contributed by atoms with Crippen LogP contribution in [0.4, 0.5) is 0 Å². The monoisotopic (exact) mass is 379 g/mol. The van der Waals surface area contributed by atoms with Crippen LogP contribution >= 0.6 is 34.7 Å². The summed E-state index contributed by atoms with van der Waals surface area (Å²) in [6.07, 6.45) is 0. The second kappa shape index (κ2) is 7.83. The van der Waals surface area contributed by atoms with Crippen LogP contribution in [0.15, 0.2) is 51.4 Å². The number of halogens is 1. The summed E-state index contributed by atoms with van der Waals surface area (Å²) in [4.78, 5) is 13.2. The number of nitrogens with one attached hydrogen (secondary N) is 1. The average Bonchev–Trinajstić information content (AvgIpc) is 3.25. The molecule has 1 amide bonds. The number of benzene rings is 1. The molecule has 2 aromatic heterocycles. The lowest BCUT2D eigenvalue weighted by molar-refractivity contribution is -0.120. The molecule has 0 aliphatic carbocycles. The molecule has 3 rings (SSSR count). The molecule has 0 aliphatic rings. The van der Waals surface area contributed by atoms with Crippen LogP contribution in [0.3, 0.4) is 0 Å². The lowest BCUT2D eigenvalue weighted by Crippen LogP contribution is -2.30. The predicted octanol–water partition coefficient (Wildman–Crippen LogP) is 4.25. The number of carbonyl (C=O) groups excluding carboxylic acids is 1. The fraction of sp³-hybridized carbons (Fsp3) is 0.188. The van der Waals surface area contributed by atoms with Crippen LogP contribution in [0.1, 0.15) is 11.8 Å². The molecule has 2 heterocycles. The van der Waals surface area contributed by atoms with Crippen molar-refractivity contribution in [2.24, 2.45) is 0 Å². The molecule has 8 heteroatoms. The van der Waals surface area contributed by atoms with Crippen molar-refractivity contribution in [3.8, 4) is 11.5 Å². The first kappa shape index (κ1) is 17.0. The summed E-state index contributed by atoms with van der Waals surface area (Å²) in [5, 5.41) is 13.5. The van der Waals surface area contributed by atoms with E-state index >= 15 is 0 Å². The number of carbonyl (C=O) groups is 1. The largest absolute Gasteiger partial charge is 0.411 e. The van der Waals surface area contributed by atoms with Gasteiger partial charge in [0, 0.05) is 15.5 Å². The third kappa shape index (κ3) is 4.37. The average molecular weight is 380 g/mol. The summed E-state index contributed by atoms with van der Waals surface area (Å²) in [6.45, 7) is 2.34. The zero-order valence-corrected chi connectivity index (χ0v) is 15.1. The Morgan fingerprint density at radius 1 is 1.33 bits per heavy atom. The minimum Gasteiger partial charge on any atom is -0.411 e. The highest BCUT2D eigenvalue weighted by atomic mass is 35.5. The summed E-state index contributed by atoms with van der Waals surface area (Å²) >= 11 is 8.70. The van der Waals surface area contributed by atoms with E-state index in [2.05, 4.69) is 15.5 Å². The predicted molar refractivity (Wildman–Crippen MR) is 96.2 cm³/mol. The van der Waals surface area contributed by atoms with Gasteiger partial charge >= 0.3 is 0 Å². The van der Waals surface area contributed by atoms with E-state index < -0.39 is 0 Å². The molecule has 1 unspecified atom stereocenters. The number of aromatic nitrogens is 2. The molecule has 0 fully saturated rings. The van der Waals surface area contributed by atoms with E-state index in [1.165, 1.54) is 11.8 Å². The number of thioether (sulfide) groups is 1. The zero-order valence-electron chi connectivity index (χ0n) is 12.7. The van der Waals surface area contributed by atoms with Gasteiger partial charge in [-0.05, 0) is 42.6 Å². The molecule has 0 saturated carbocycles. The van der Waals surface area contributed by atoms with Crippen LogP contribution in [0.25, 0.3) is 11.5 Å². The van der Waals surface area contributed by atoms with Gasteiger partial charge in [0.2, 0.25) is 11.8 Å². The van der Waals surface area contributed by atoms with Crippen molar-refractivity contribution in [2.45, 2.75) is 23.9 Å². The number of hydrogen-bond acceptors (Lipinski definition) is 6. The Hall–Kier alpha value is -1.83. The number of rotatable bonds is 6. The van der Waals surface area contributed by atoms with Gasteiger partial charge in [0.1, 0.15) is 0 Å². The van der Waals surface area contributed by atoms with E-state index in [-0.39, 0.29) is 11.2 Å². The molecule has 0 bridgehead atoms. The van der Waals surface area contributed by atoms with Gasteiger partial charge in [0.05, 0.1) is 11.8 Å². The highest BCUT2D eigenvalue weighted by Crippen LogP contribution is 2.26. The van der Waals surface area contributed by atoms with E-state index in [0.717, 1.165) is 10.4 Å². The Balaban J connectivity index is 1.57. The van der Waals surface area contributed by atoms with Gasteiger partial charge in [-0.1, -0.05) is 29.4 Å². The Morgan fingerprint density at radius 3 is 2.83 bits per heavy atom. The minimum absolute atomic E-state index is 0.0698. The number of amides is 1. The Labute approximate surface area is 152 Å². The normalized spacial score (nSPS) is 12.1. The van der Waals surface area contributed by atoms with Crippen molar-refractivity contribution in [2.75, 3.05) is 0 Å². The second-order valence-electron chi connectivity index (χ2n) is 4.94. The van der Waals surface area contributed by atoms with E-state index in [9.17, 15) is 4.79 Å². The molecule has 1 N–H and O–H groups in total. The van der Waals surface area contributed by atoms with Gasteiger partial charge in [-0.3, -0.25) is 4.79 Å². The highest BCUT2D eigenvalue weighted by molar-refractivity contribution is 8.00. The van der Waals surface area contributed by atoms with Crippen LogP contribution in [-0.4, -0.2) is 21.4 Å². The van der Waals surface area contributed by atoms with Crippen LogP contribution in [0.5, 0.6) is 0 Å². The summed E-state index contributed by atoms with van der Waals surface area (Å²) < 4.78 is 5.60. The molecule has 0 saturated heterocycles. The Morgan fingerprint density at radius 2 is 2.12 bits per heavy atom. The highest BCUT2D eigenvalue weighted by Gasteiger charge is 2.18. The van der Waals surface area contributed by atoms with Gasteiger partial charge in [-0.2, -0.15) is 0 Å². The van der Waals surface area contributed by atoms with E-state index in [4.69, 9.17) is 16.0 Å². The van der Waals surface area contributed by atoms with Crippen LogP contribution in [0, 0.1) is 0 Å².